The van der Waals surface area contributed by atoms with Crippen LogP contribution in [0, 0.1) is 0 Å². The Bertz CT molecular complexity index is 304. The second-order valence-electron chi connectivity index (χ2n) is 2.35. The van der Waals surface area contributed by atoms with Gasteiger partial charge in [-0.05, 0) is 12.1 Å². The number of rotatable bonds is 3. The maximum Gasteiger partial charge on any atom is 0.0653 e. The SMILES string of the molecule is CONCc1c(Cl)ccc(Cl)c1Cl. The lowest BCUT2D eigenvalue weighted by Crippen LogP contribution is -2.11. The molecule has 0 heterocycles. The number of halogens is 3. The van der Waals surface area contributed by atoms with Gasteiger partial charge >= 0.3 is 0 Å². The predicted molar refractivity (Wildman–Crippen MR) is 55.3 cm³/mol. The molecule has 0 aliphatic carbocycles. The highest BCUT2D eigenvalue weighted by molar-refractivity contribution is 6.44. The molecule has 0 aliphatic heterocycles. The van der Waals surface area contributed by atoms with Gasteiger partial charge in [-0.25, -0.2) is 0 Å². The van der Waals surface area contributed by atoms with Crippen molar-refractivity contribution in [3.05, 3.63) is 32.8 Å². The van der Waals surface area contributed by atoms with E-state index in [1.54, 1.807) is 12.1 Å². The Morgan fingerprint density at radius 1 is 1.23 bits per heavy atom. The molecule has 5 heteroatoms. The van der Waals surface area contributed by atoms with Crippen molar-refractivity contribution < 1.29 is 4.84 Å². The quantitative estimate of drug-likeness (QED) is 0.646. The Morgan fingerprint density at radius 2 is 1.85 bits per heavy atom. The molecule has 0 bridgehead atoms. The molecule has 72 valence electrons. The number of hydrogen-bond acceptors (Lipinski definition) is 2. The fraction of sp³-hybridized carbons (Fsp3) is 0.250. The topological polar surface area (TPSA) is 21.3 Å². The van der Waals surface area contributed by atoms with Crippen LogP contribution in [0.5, 0.6) is 0 Å². The normalized spacial score (nSPS) is 10.5. The first-order chi connectivity index (χ1) is 6.16. The lowest BCUT2D eigenvalue weighted by atomic mass is 10.2. The molecule has 1 aromatic carbocycles. The van der Waals surface area contributed by atoms with Crippen LogP contribution < -0.4 is 5.48 Å². The molecule has 0 fully saturated rings. The van der Waals surface area contributed by atoms with Crippen LogP contribution in [0.3, 0.4) is 0 Å². The maximum absolute atomic E-state index is 5.92. The third-order valence-corrected chi connectivity index (χ3v) is 2.73. The molecule has 0 atom stereocenters. The molecular weight excluding hydrogens is 232 g/mol. The molecule has 1 N–H and O–H groups in total. The first kappa shape index (κ1) is 11.1. The fourth-order valence-corrected chi connectivity index (χ4v) is 1.56. The van der Waals surface area contributed by atoms with Crippen LogP contribution in [0.1, 0.15) is 5.56 Å². The van der Waals surface area contributed by atoms with Crippen molar-refractivity contribution in [1.29, 1.82) is 0 Å². The van der Waals surface area contributed by atoms with Crippen LogP contribution in [-0.4, -0.2) is 7.11 Å². The Balaban J connectivity index is 2.96. The zero-order chi connectivity index (χ0) is 9.84. The molecule has 0 radical (unpaired) electrons. The van der Waals surface area contributed by atoms with Gasteiger partial charge in [0.15, 0.2) is 0 Å². The molecule has 0 unspecified atom stereocenters. The monoisotopic (exact) mass is 239 g/mol. The Hall–Kier alpha value is 0.01000. The number of nitrogens with one attached hydrogen (secondary N) is 1. The molecule has 0 saturated heterocycles. The highest BCUT2D eigenvalue weighted by atomic mass is 35.5. The van der Waals surface area contributed by atoms with E-state index in [9.17, 15) is 0 Å². The van der Waals surface area contributed by atoms with Gasteiger partial charge in [-0.2, -0.15) is 5.48 Å². The summed E-state index contributed by atoms with van der Waals surface area (Å²) < 4.78 is 0. The van der Waals surface area contributed by atoms with Crippen LogP contribution in [0.4, 0.5) is 0 Å². The maximum atomic E-state index is 5.92. The van der Waals surface area contributed by atoms with E-state index in [1.807, 2.05) is 0 Å². The van der Waals surface area contributed by atoms with Gasteiger partial charge in [-0.1, -0.05) is 34.8 Å². The molecule has 2 nitrogen and oxygen atoms in total. The van der Waals surface area contributed by atoms with Crippen molar-refractivity contribution in [3.8, 4) is 0 Å². The Morgan fingerprint density at radius 3 is 2.46 bits per heavy atom. The van der Waals surface area contributed by atoms with Crippen LogP contribution in [0.25, 0.3) is 0 Å². The zero-order valence-electron chi connectivity index (χ0n) is 6.90. The summed E-state index contributed by atoms with van der Waals surface area (Å²) >= 11 is 17.6. The first-order valence-electron chi connectivity index (χ1n) is 3.55. The molecule has 1 rings (SSSR count). The van der Waals surface area contributed by atoms with Crippen molar-refractivity contribution in [2.24, 2.45) is 0 Å². The van der Waals surface area contributed by atoms with Crippen molar-refractivity contribution in [2.45, 2.75) is 6.54 Å². The average molecular weight is 241 g/mol. The van der Waals surface area contributed by atoms with Crippen molar-refractivity contribution in [2.75, 3.05) is 7.11 Å². The lowest BCUT2D eigenvalue weighted by molar-refractivity contribution is 0.0867. The van der Waals surface area contributed by atoms with Crippen molar-refractivity contribution in [3.63, 3.8) is 0 Å². The first-order valence-corrected chi connectivity index (χ1v) is 4.68. The molecule has 0 saturated carbocycles. The number of benzene rings is 1. The van der Waals surface area contributed by atoms with E-state index in [0.717, 1.165) is 5.56 Å². The third kappa shape index (κ3) is 2.73. The summed E-state index contributed by atoms with van der Waals surface area (Å²) in [6.07, 6.45) is 0. The van der Waals surface area contributed by atoms with Gasteiger partial charge in [0.1, 0.15) is 0 Å². The zero-order valence-corrected chi connectivity index (χ0v) is 9.17. The second kappa shape index (κ2) is 5.03. The summed E-state index contributed by atoms with van der Waals surface area (Å²) in [7, 11) is 1.52. The van der Waals surface area contributed by atoms with Gasteiger partial charge < -0.3 is 4.84 Å². The second-order valence-corrected chi connectivity index (χ2v) is 3.54. The molecule has 0 spiro atoms. The summed E-state index contributed by atoms with van der Waals surface area (Å²) in [5.74, 6) is 0. The minimum Gasteiger partial charge on any atom is -0.305 e. The van der Waals surface area contributed by atoms with E-state index in [0.29, 0.717) is 21.6 Å². The van der Waals surface area contributed by atoms with E-state index in [1.165, 1.54) is 7.11 Å². The van der Waals surface area contributed by atoms with E-state index in [-0.39, 0.29) is 0 Å². The number of hydroxylamine groups is 1. The molecule has 0 amide bonds. The predicted octanol–water partition coefficient (Wildman–Crippen LogP) is 3.30. The summed E-state index contributed by atoms with van der Waals surface area (Å²) in [6, 6.07) is 3.35. The van der Waals surface area contributed by atoms with E-state index in [2.05, 4.69) is 10.3 Å². The van der Waals surface area contributed by atoms with E-state index < -0.39 is 0 Å². The minimum atomic E-state index is 0.425. The highest BCUT2D eigenvalue weighted by Gasteiger charge is 2.08. The van der Waals surface area contributed by atoms with Crippen LogP contribution >= 0.6 is 34.8 Å². The molecule has 1 aromatic rings. The largest absolute Gasteiger partial charge is 0.305 e. The van der Waals surface area contributed by atoms with Gasteiger partial charge in [0.05, 0.1) is 17.2 Å². The molecule has 0 aromatic heterocycles. The van der Waals surface area contributed by atoms with Crippen molar-refractivity contribution >= 4 is 34.8 Å². The van der Waals surface area contributed by atoms with E-state index in [4.69, 9.17) is 34.8 Å². The molecular formula is C8H8Cl3NO. The van der Waals surface area contributed by atoms with Crippen LogP contribution in [0.2, 0.25) is 15.1 Å². The molecule has 0 aliphatic rings. The van der Waals surface area contributed by atoms with Gasteiger partial charge in [0, 0.05) is 17.1 Å². The fourth-order valence-electron chi connectivity index (χ4n) is 0.875. The van der Waals surface area contributed by atoms with Crippen LogP contribution in [-0.2, 0) is 11.4 Å². The third-order valence-electron chi connectivity index (χ3n) is 1.53. The summed E-state index contributed by atoms with van der Waals surface area (Å²) in [5.41, 5.74) is 3.38. The molecule has 13 heavy (non-hydrogen) atoms. The average Bonchev–Trinajstić information content (AvgIpc) is 2.12. The van der Waals surface area contributed by atoms with E-state index >= 15 is 0 Å². The van der Waals surface area contributed by atoms with Crippen LogP contribution in [0.15, 0.2) is 12.1 Å². The van der Waals surface area contributed by atoms with Gasteiger partial charge in [-0.15, -0.1) is 0 Å². The number of hydrogen-bond donors (Lipinski definition) is 1. The minimum absolute atomic E-state index is 0.425. The lowest BCUT2D eigenvalue weighted by Gasteiger charge is -2.08. The smallest absolute Gasteiger partial charge is 0.0653 e. The Labute approximate surface area is 91.7 Å². The Kier molecular flexibility index (Phi) is 4.29. The van der Waals surface area contributed by atoms with Gasteiger partial charge in [-0.3, -0.25) is 0 Å². The van der Waals surface area contributed by atoms with Crippen molar-refractivity contribution in [1.82, 2.24) is 5.48 Å². The summed E-state index contributed by atoms with van der Waals surface area (Å²) in [4.78, 5) is 4.69. The van der Waals surface area contributed by atoms with Gasteiger partial charge in [0.2, 0.25) is 0 Å². The summed E-state index contributed by atoms with van der Waals surface area (Å²) in [5, 5.41) is 1.51. The standard InChI is InChI=1S/C8H8Cl3NO/c1-13-12-4-5-6(9)2-3-7(10)8(5)11/h2-3,12H,4H2,1H3. The van der Waals surface area contributed by atoms with Gasteiger partial charge in [0.25, 0.3) is 0 Å². The summed E-state index contributed by atoms with van der Waals surface area (Å²) in [6.45, 7) is 0.425. The highest BCUT2D eigenvalue weighted by Crippen LogP contribution is 2.31.